The van der Waals surface area contributed by atoms with E-state index >= 15 is 0 Å². The highest BCUT2D eigenvalue weighted by atomic mass is 16.5. The molecule has 1 aromatic carbocycles. The van der Waals surface area contributed by atoms with Crippen LogP contribution in [-0.2, 0) is 11.2 Å². The fourth-order valence-electron chi connectivity index (χ4n) is 5.00. The van der Waals surface area contributed by atoms with E-state index in [0.29, 0.717) is 18.0 Å². The van der Waals surface area contributed by atoms with E-state index < -0.39 is 0 Å². The van der Waals surface area contributed by atoms with Crippen molar-refractivity contribution < 1.29 is 14.3 Å². The van der Waals surface area contributed by atoms with Crippen LogP contribution in [0.3, 0.4) is 0 Å². The molecular weight excluding hydrogens is 280 g/mol. The molecular formula is C17H20N2O3. The van der Waals surface area contributed by atoms with E-state index in [1.807, 2.05) is 6.07 Å². The van der Waals surface area contributed by atoms with Crippen molar-refractivity contribution in [2.75, 3.05) is 20.8 Å². The molecule has 5 atom stereocenters. The van der Waals surface area contributed by atoms with Crippen molar-refractivity contribution in [3.05, 3.63) is 23.3 Å². The van der Waals surface area contributed by atoms with Gasteiger partial charge in [-0.25, -0.2) is 0 Å². The molecule has 4 aliphatic rings. The molecule has 5 nitrogen and oxygen atoms in total. The molecule has 4 aliphatic heterocycles. The molecule has 5 rings (SSSR count). The Kier molecular flexibility index (Phi) is 2.41. The highest BCUT2D eigenvalue weighted by Gasteiger charge is 2.67. The lowest BCUT2D eigenvalue weighted by Crippen LogP contribution is -2.54. The van der Waals surface area contributed by atoms with Gasteiger partial charge in [0, 0.05) is 24.2 Å². The maximum Gasteiger partial charge on any atom is 0.240 e. The molecule has 0 aromatic heterocycles. The monoisotopic (exact) mass is 300 g/mol. The minimum atomic E-state index is 0.150. The minimum Gasteiger partial charge on any atom is -0.497 e. The summed E-state index contributed by atoms with van der Waals surface area (Å²) in [5.74, 6) is 2.02. The number of hydrogen-bond donors (Lipinski definition) is 0. The molecule has 3 fully saturated rings. The first-order chi connectivity index (χ1) is 10.7. The van der Waals surface area contributed by atoms with E-state index in [4.69, 9.17) is 9.47 Å². The van der Waals surface area contributed by atoms with Gasteiger partial charge in [0.05, 0.1) is 32.3 Å². The van der Waals surface area contributed by atoms with Gasteiger partial charge in [-0.1, -0.05) is 0 Å². The largest absolute Gasteiger partial charge is 0.497 e. The number of ether oxygens (including phenoxy) is 2. The Balaban J connectivity index is 1.65. The van der Waals surface area contributed by atoms with Gasteiger partial charge in [0.25, 0.3) is 0 Å². The molecule has 0 aliphatic carbocycles. The highest BCUT2D eigenvalue weighted by molar-refractivity contribution is 5.86. The first kappa shape index (κ1) is 12.8. The van der Waals surface area contributed by atoms with Gasteiger partial charge in [0.15, 0.2) is 0 Å². The number of amides is 1. The van der Waals surface area contributed by atoms with Crippen LogP contribution >= 0.6 is 0 Å². The summed E-state index contributed by atoms with van der Waals surface area (Å²) in [4.78, 5) is 17.4. The number of carbonyl (C=O) groups excluding carboxylic acids is 1. The van der Waals surface area contributed by atoms with Gasteiger partial charge in [-0.3, -0.25) is 9.69 Å². The summed E-state index contributed by atoms with van der Waals surface area (Å²) in [6.45, 7) is 0.820. The SMILES string of the molecule is COc1cc2c(c(OC)c1)C1C3C4CCC(C(=O)N1CC2)N43. The lowest BCUT2D eigenvalue weighted by Gasteiger charge is -2.44. The van der Waals surface area contributed by atoms with Crippen molar-refractivity contribution in [1.82, 2.24) is 9.80 Å². The fourth-order valence-corrected chi connectivity index (χ4v) is 5.00. The summed E-state index contributed by atoms with van der Waals surface area (Å²) in [6, 6.07) is 5.47. The number of piperazine rings is 1. The van der Waals surface area contributed by atoms with Crippen molar-refractivity contribution in [3.63, 3.8) is 0 Å². The molecule has 0 saturated carbocycles. The van der Waals surface area contributed by atoms with Crippen LogP contribution in [-0.4, -0.2) is 54.6 Å². The Morgan fingerprint density at radius 3 is 2.82 bits per heavy atom. The molecule has 5 unspecified atom stereocenters. The van der Waals surface area contributed by atoms with Crippen LogP contribution in [0.4, 0.5) is 0 Å². The number of piperidine rings is 1. The summed E-state index contributed by atoms with van der Waals surface area (Å²) >= 11 is 0. The lowest BCUT2D eigenvalue weighted by atomic mass is 9.85. The average molecular weight is 300 g/mol. The number of fused-ring (bicyclic) bond motifs is 5. The van der Waals surface area contributed by atoms with Crippen molar-refractivity contribution in [1.29, 1.82) is 0 Å². The summed E-state index contributed by atoms with van der Waals surface area (Å²) in [6.07, 6.45) is 3.09. The zero-order chi connectivity index (χ0) is 15.0. The molecule has 116 valence electrons. The molecule has 0 radical (unpaired) electrons. The Hall–Kier alpha value is -1.75. The van der Waals surface area contributed by atoms with Gasteiger partial charge in [0.2, 0.25) is 5.91 Å². The van der Waals surface area contributed by atoms with Crippen molar-refractivity contribution in [2.24, 2.45) is 0 Å². The van der Waals surface area contributed by atoms with Crippen LogP contribution in [0.25, 0.3) is 0 Å². The van der Waals surface area contributed by atoms with Crippen LogP contribution in [0.5, 0.6) is 11.5 Å². The fraction of sp³-hybridized carbons (Fsp3) is 0.588. The van der Waals surface area contributed by atoms with Crippen LogP contribution in [0, 0.1) is 0 Å². The summed E-state index contributed by atoms with van der Waals surface area (Å²) in [5.41, 5.74) is 2.48. The maximum atomic E-state index is 12.8. The number of hydrogen-bond acceptors (Lipinski definition) is 4. The molecule has 0 bridgehead atoms. The second kappa shape index (κ2) is 4.16. The second-order valence-corrected chi connectivity index (χ2v) is 6.73. The first-order valence-corrected chi connectivity index (χ1v) is 8.07. The molecule has 0 N–H and O–H groups in total. The van der Waals surface area contributed by atoms with E-state index in [0.717, 1.165) is 30.9 Å². The molecule has 3 saturated heterocycles. The minimum absolute atomic E-state index is 0.150. The quantitative estimate of drug-likeness (QED) is 0.773. The topological polar surface area (TPSA) is 41.8 Å². The Bertz CT molecular complexity index is 657. The molecule has 0 spiro atoms. The lowest BCUT2D eigenvalue weighted by molar-refractivity contribution is -0.142. The average Bonchev–Trinajstić information content (AvgIpc) is 3.09. The number of rotatable bonds is 2. The number of nitrogens with zero attached hydrogens (tertiary/aromatic N) is 2. The first-order valence-electron chi connectivity index (χ1n) is 8.07. The number of methoxy groups -OCH3 is 2. The van der Waals surface area contributed by atoms with Gasteiger partial charge in [-0.2, -0.15) is 0 Å². The summed E-state index contributed by atoms with van der Waals surface area (Å²) < 4.78 is 11.0. The second-order valence-electron chi connectivity index (χ2n) is 6.73. The van der Waals surface area contributed by atoms with Crippen molar-refractivity contribution in [3.8, 4) is 11.5 Å². The van der Waals surface area contributed by atoms with Crippen LogP contribution in [0.1, 0.15) is 30.0 Å². The molecule has 22 heavy (non-hydrogen) atoms. The van der Waals surface area contributed by atoms with Gasteiger partial charge < -0.3 is 14.4 Å². The smallest absolute Gasteiger partial charge is 0.240 e. The third-order valence-corrected chi connectivity index (χ3v) is 5.93. The van der Waals surface area contributed by atoms with Gasteiger partial charge in [0.1, 0.15) is 11.5 Å². The van der Waals surface area contributed by atoms with Crippen LogP contribution < -0.4 is 9.47 Å². The third kappa shape index (κ3) is 1.40. The van der Waals surface area contributed by atoms with Crippen molar-refractivity contribution in [2.45, 2.75) is 43.4 Å². The predicted molar refractivity (Wildman–Crippen MR) is 80.1 cm³/mol. The number of carbonyl (C=O) groups is 1. The van der Waals surface area contributed by atoms with Crippen LogP contribution in [0.2, 0.25) is 0 Å². The summed E-state index contributed by atoms with van der Waals surface area (Å²) in [7, 11) is 3.39. The normalized spacial score (nSPS) is 37.3. The standard InChI is InChI=1S/C17H20N2O3/c1-21-10-7-9-5-6-18-16(14(9)13(8-10)22-2)15-11-3-4-12(17(18)20)19(11)15/h7-8,11-12,15-16H,3-6H2,1-2H3. The van der Waals surface area contributed by atoms with E-state index in [1.165, 1.54) is 17.5 Å². The zero-order valence-corrected chi connectivity index (χ0v) is 12.9. The van der Waals surface area contributed by atoms with E-state index in [9.17, 15) is 4.79 Å². The van der Waals surface area contributed by atoms with Crippen LogP contribution in [0.15, 0.2) is 12.1 Å². The molecule has 4 heterocycles. The van der Waals surface area contributed by atoms with Crippen molar-refractivity contribution >= 4 is 5.91 Å². The molecule has 1 amide bonds. The summed E-state index contributed by atoms with van der Waals surface area (Å²) in [5, 5.41) is 0. The predicted octanol–water partition coefficient (Wildman–Crippen LogP) is 1.36. The zero-order valence-electron chi connectivity index (χ0n) is 12.9. The van der Waals surface area contributed by atoms with Gasteiger partial charge in [-0.15, -0.1) is 0 Å². The number of benzene rings is 1. The van der Waals surface area contributed by atoms with Gasteiger partial charge in [-0.05, 0) is 30.9 Å². The maximum absolute atomic E-state index is 12.8. The Morgan fingerprint density at radius 2 is 2.05 bits per heavy atom. The molecule has 1 aromatic rings. The third-order valence-electron chi connectivity index (χ3n) is 5.93. The highest BCUT2D eigenvalue weighted by Crippen LogP contribution is 2.57. The van der Waals surface area contributed by atoms with E-state index in [-0.39, 0.29) is 12.1 Å². The van der Waals surface area contributed by atoms with E-state index in [1.54, 1.807) is 14.2 Å². The molecule has 5 heteroatoms. The van der Waals surface area contributed by atoms with Gasteiger partial charge >= 0.3 is 0 Å². The Morgan fingerprint density at radius 1 is 1.18 bits per heavy atom. The Labute approximate surface area is 129 Å². The van der Waals surface area contributed by atoms with E-state index in [2.05, 4.69) is 15.9 Å².